The fourth-order valence-electron chi connectivity index (χ4n) is 1.11. The molecule has 0 fully saturated rings. The molecule has 13 heavy (non-hydrogen) atoms. The molecule has 0 unspecified atom stereocenters. The lowest BCUT2D eigenvalue weighted by Crippen LogP contribution is -2.15. The molecule has 1 aromatic carbocycles. The first-order valence-electron chi connectivity index (χ1n) is 4.29. The zero-order chi connectivity index (χ0) is 9.84. The van der Waals surface area contributed by atoms with Crippen LogP contribution in [0.25, 0.3) is 0 Å². The molecule has 3 heteroatoms. The molecule has 1 nitrogen and oxygen atoms in total. The van der Waals surface area contributed by atoms with Gasteiger partial charge < -0.3 is 5.73 Å². The van der Waals surface area contributed by atoms with Gasteiger partial charge in [0.15, 0.2) is 0 Å². The van der Waals surface area contributed by atoms with Crippen LogP contribution in [0.4, 0.5) is 0 Å². The summed E-state index contributed by atoms with van der Waals surface area (Å²) in [6, 6.07) is 6.26. The number of hydrogen-bond donors (Lipinski definition) is 1. The second kappa shape index (κ2) is 5.17. The SMILES string of the molecule is C[C@H](N)CCc1ccc(Cl)cc1I. The highest BCUT2D eigenvalue weighted by Gasteiger charge is 2.01. The fourth-order valence-corrected chi connectivity index (χ4v) is 2.25. The van der Waals surface area contributed by atoms with E-state index >= 15 is 0 Å². The number of halogens is 2. The minimum absolute atomic E-state index is 0.270. The van der Waals surface area contributed by atoms with Crippen molar-refractivity contribution in [2.45, 2.75) is 25.8 Å². The lowest BCUT2D eigenvalue weighted by atomic mass is 10.1. The number of benzene rings is 1. The van der Waals surface area contributed by atoms with Gasteiger partial charge in [0, 0.05) is 14.6 Å². The van der Waals surface area contributed by atoms with Gasteiger partial charge in [-0.15, -0.1) is 0 Å². The smallest absolute Gasteiger partial charge is 0.0416 e. The number of aryl methyl sites for hydroxylation is 1. The predicted molar refractivity (Wildman–Crippen MR) is 66.1 cm³/mol. The van der Waals surface area contributed by atoms with E-state index < -0.39 is 0 Å². The molecule has 0 saturated heterocycles. The van der Waals surface area contributed by atoms with E-state index in [2.05, 4.69) is 28.7 Å². The maximum Gasteiger partial charge on any atom is 0.0416 e. The van der Waals surface area contributed by atoms with E-state index in [4.69, 9.17) is 17.3 Å². The van der Waals surface area contributed by atoms with Gasteiger partial charge in [0.25, 0.3) is 0 Å². The summed E-state index contributed by atoms with van der Waals surface area (Å²) in [6.45, 7) is 2.03. The molecule has 2 N–H and O–H groups in total. The Bertz CT molecular complexity index is 286. The Balaban J connectivity index is 2.67. The minimum Gasteiger partial charge on any atom is -0.328 e. The van der Waals surface area contributed by atoms with Crippen molar-refractivity contribution in [3.05, 3.63) is 32.4 Å². The molecule has 0 heterocycles. The molecular weight excluding hydrogens is 296 g/mol. The van der Waals surface area contributed by atoms with Gasteiger partial charge in [-0.2, -0.15) is 0 Å². The molecule has 0 bridgehead atoms. The van der Waals surface area contributed by atoms with Crippen LogP contribution in [0, 0.1) is 3.57 Å². The van der Waals surface area contributed by atoms with Gasteiger partial charge in [0.1, 0.15) is 0 Å². The van der Waals surface area contributed by atoms with Gasteiger partial charge in [0.05, 0.1) is 0 Å². The highest BCUT2D eigenvalue weighted by Crippen LogP contribution is 2.19. The zero-order valence-corrected chi connectivity index (χ0v) is 10.5. The van der Waals surface area contributed by atoms with Crippen molar-refractivity contribution >= 4 is 34.2 Å². The van der Waals surface area contributed by atoms with E-state index in [-0.39, 0.29) is 6.04 Å². The third-order valence-electron chi connectivity index (χ3n) is 1.88. The molecule has 0 saturated carbocycles. The van der Waals surface area contributed by atoms with Crippen LogP contribution in [0.2, 0.25) is 5.02 Å². The van der Waals surface area contributed by atoms with Crippen LogP contribution in [0.1, 0.15) is 18.9 Å². The Morgan fingerprint density at radius 2 is 2.23 bits per heavy atom. The number of hydrogen-bond acceptors (Lipinski definition) is 1. The Labute approximate surface area is 97.8 Å². The largest absolute Gasteiger partial charge is 0.328 e. The highest BCUT2D eigenvalue weighted by molar-refractivity contribution is 14.1. The van der Waals surface area contributed by atoms with Gasteiger partial charge in [0.2, 0.25) is 0 Å². The maximum atomic E-state index is 5.85. The quantitative estimate of drug-likeness (QED) is 0.852. The Morgan fingerprint density at radius 3 is 2.77 bits per heavy atom. The van der Waals surface area contributed by atoms with Gasteiger partial charge in [-0.1, -0.05) is 17.7 Å². The van der Waals surface area contributed by atoms with E-state index in [0.717, 1.165) is 17.9 Å². The molecule has 72 valence electrons. The average molecular weight is 310 g/mol. The van der Waals surface area contributed by atoms with Gasteiger partial charge in [-0.05, 0) is 60.1 Å². The van der Waals surface area contributed by atoms with Crippen LogP contribution >= 0.6 is 34.2 Å². The Hall–Kier alpha value is 0.200. The van der Waals surface area contributed by atoms with E-state index in [1.54, 1.807) is 0 Å². The van der Waals surface area contributed by atoms with Crippen molar-refractivity contribution in [3.63, 3.8) is 0 Å². The first-order valence-corrected chi connectivity index (χ1v) is 5.75. The van der Waals surface area contributed by atoms with Crippen LogP contribution in [0.5, 0.6) is 0 Å². The first kappa shape index (κ1) is 11.3. The molecule has 1 aromatic rings. The number of nitrogens with two attached hydrogens (primary N) is 1. The van der Waals surface area contributed by atoms with Crippen LogP contribution in [-0.2, 0) is 6.42 Å². The van der Waals surface area contributed by atoms with Crippen molar-refractivity contribution in [1.82, 2.24) is 0 Å². The lowest BCUT2D eigenvalue weighted by molar-refractivity contribution is 0.665. The fraction of sp³-hybridized carbons (Fsp3) is 0.400. The standard InChI is InChI=1S/C10H13ClIN/c1-7(13)2-3-8-4-5-9(11)6-10(8)12/h4-7H,2-3,13H2,1H3/t7-/m0/s1. The summed E-state index contributed by atoms with van der Waals surface area (Å²) < 4.78 is 1.23. The van der Waals surface area contributed by atoms with Gasteiger partial charge in [-0.3, -0.25) is 0 Å². The molecule has 0 spiro atoms. The lowest BCUT2D eigenvalue weighted by Gasteiger charge is -2.07. The summed E-state index contributed by atoms with van der Waals surface area (Å²) in [5.41, 5.74) is 7.03. The van der Waals surface area contributed by atoms with Crippen LogP contribution in [-0.4, -0.2) is 6.04 Å². The minimum atomic E-state index is 0.270. The summed E-state index contributed by atoms with van der Waals surface area (Å²) in [5.74, 6) is 0. The molecule has 0 aliphatic rings. The van der Waals surface area contributed by atoms with Gasteiger partial charge >= 0.3 is 0 Å². The van der Waals surface area contributed by atoms with Crippen molar-refractivity contribution in [3.8, 4) is 0 Å². The molecule has 0 amide bonds. The summed E-state index contributed by atoms with van der Waals surface area (Å²) in [5, 5.41) is 0.800. The molecule has 0 aromatic heterocycles. The van der Waals surface area contributed by atoms with Crippen molar-refractivity contribution < 1.29 is 0 Å². The molecule has 1 atom stereocenters. The third-order valence-corrected chi connectivity index (χ3v) is 3.12. The molecule has 0 aliphatic heterocycles. The molecular formula is C10H13ClIN. The monoisotopic (exact) mass is 309 g/mol. The van der Waals surface area contributed by atoms with E-state index in [9.17, 15) is 0 Å². The Morgan fingerprint density at radius 1 is 1.54 bits per heavy atom. The second-order valence-corrected chi connectivity index (χ2v) is 4.85. The van der Waals surface area contributed by atoms with Crippen molar-refractivity contribution in [2.24, 2.45) is 5.73 Å². The topological polar surface area (TPSA) is 26.0 Å². The molecule has 0 aliphatic carbocycles. The zero-order valence-electron chi connectivity index (χ0n) is 7.56. The average Bonchev–Trinajstić information content (AvgIpc) is 2.02. The number of rotatable bonds is 3. The molecule has 1 rings (SSSR count). The van der Waals surface area contributed by atoms with Gasteiger partial charge in [-0.25, -0.2) is 0 Å². The highest BCUT2D eigenvalue weighted by atomic mass is 127. The molecule has 0 radical (unpaired) electrons. The summed E-state index contributed by atoms with van der Waals surface area (Å²) >= 11 is 8.16. The van der Waals surface area contributed by atoms with Crippen LogP contribution < -0.4 is 5.73 Å². The van der Waals surface area contributed by atoms with E-state index in [1.165, 1.54) is 9.13 Å². The van der Waals surface area contributed by atoms with Crippen molar-refractivity contribution in [1.29, 1.82) is 0 Å². The van der Waals surface area contributed by atoms with E-state index in [0.29, 0.717) is 0 Å². The predicted octanol–water partition coefficient (Wildman–Crippen LogP) is 3.22. The second-order valence-electron chi connectivity index (χ2n) is 3.25. The maximum absolute atomic E-state index is 5.85. The van der Waals surface area contributed by atoms with E-state index in [1.807, 2.05) is 19.1 Å². The third kappa shape index (κ3) is 3.83. The normalized spacial score (nSPS) is 12.9. The van der Waals surface area contributed by atoms with Crippen molar-refractivity contribution in [2.75, 3.05) is 0 Å². The Kier molecular flexibility index (Phi) is 4.49. The summed E-state index contributed by atoms with van der Waals surface area (Å²) in [4.78, 5) is 0. The summed E-state index contributed by atoms with van der Waals surface area (Å²) in [7, 11) is 0. The summed E-state index contributed by atoms with van der Waals surface area (Å²) in [6.07, 6.45) is 2.06. The first-order chi connectivity index (χ1) is 6.09. The van der Waals surface area contributed by atoms with Crippen LogP contribution in [0.3, 0.4) is 0 Å². The van der Waals surface area contributed by atoms with Crippen LogP contribution in [0.15, 0.2) is 18.2 Å².